The van der Waals surface area contributed by atoms with Crippen LogP contribution in [0.3, 0.4) is 0 Å². The summed E-state index contributed by atoms with van der Waals surface area (Å²) in [4.78, 5) is 0. The van der Waals surface area contributed by atoms with Crippen molar-refractivity contribution < 1.29 is 0 Å². The van der Waals surface area contributed by atoms with E-state index < -0.39 is 0 Å². The monoisotopic (exact) mass is 149 g/mol. The lowest BCUT2D eigenvalue weighted by molar-refractivity contribution is 1.56. The van der Waals surface area contributed by atoms with E-state index in [-0.39, 0.29) is 0 Å². The fourth-order valence-electron chi connectivity index (χ4n) is 0.730. The van der Waals surface area contributed by atoms with Crippen LogP contribution in [0.4, 0.5) is 0 Å². The molecule has 0 unspecified atom stereocenters. The van der Waals surface area contributed by atoms with Crippen molar-refractivity contribution in [3.05, 3.63) is 41.3 Å². The van der Waals surface area contributed by atoms with E-state index in [2.05, 4.69) is 12.8 Å². The number of benzene rings is 1. The Balaban J connectivity index is 3.34. The van der Waals surface area contributed by atoms with Crippen molar-refractivity contribution in [3.8, 4) is 12.3 Å². The summed E-state index contributed by atoms with van der Waals surface area (Å²) in [6.45, 7) is 3.73. The predicted octanol–water partition coefficient (Wildman–Crippen LogP) is 2.50. The van der Waals surface area contributed by atoms with Gasteiger partial charge in [-0.3, -0.25) is 0 Å². The summed E-state index contributed by atoms with van der Waals surface area (Å²) < 4.78 is 0. The van der Waals surface area contributed by atoms with Crippen molar-refractivity contribution in [1.29, 1.82) is 0 Å². The Bertz CT molecular complexity index is 261. The standard InChI is InChI=1S/C9H6Cl/c1-3-8-7(2)5-4-6-9(8)10/h1,4-6H,2H2. The third-order valence-electron chi connectivity index (χ3n) is 1.24. The summed E-state index contributed by atoms with van der Waals surface area (Å²) in [7, 11) is 0. The third kappa shape index (κ3) is 1.15. The van der Waals surface area contributed by atoms with Gasteiger partial charge in [0.25, 0.3) is 0 Å². The highest BCUT2D eigenvalue weighted by atomic mass is 35.5. The van der Waals surface area contributed by atoms with Gasteiger partial charge in [-0.2, -0.15) is 0 Å². The molecule has 1 aromatic rings. The van der Waals surface area contributed by atoms with Crippen LogP contribution in [0.2, 0.25) is 5.02 Å². The average Bonchev–Trinajstić information content (AvgIpc) is 1.88. The molecular weight excluding hydrogens is 144 g/mol. The van der Waals surface area contributed by atoms with E-state index in [0.717, 1.165) is 5.56 Å². The summed E-state index contributed by atoms with van der Waals surface area (Å²) in [6, 6.07) is 5.41. The van der Waals surface area contributed by atoms with Crippen molar-refractivity contribution >= 4 is 11.6 Å². The molecule has 49 valence electrons. The Morgan fingerprint density at radius 3 is 2.60 bits per heavy atom. The van der Waals surface area contributed by atoms with Crippen molar-refractivity contribution in [2.45, 2.75) is 0 Å². The fourth-order valence-corrected chi connectivity index (χ4v) is 0.979. The Labute approximate surface area is 65.8 Å². The first-order chi connectivity index (χ1) is 4.75. The van der Waals surface area contributed by atoms with Crippen LogP contribution >= 0.6 is 11.6 Å². The predicted molar refractivity (Wildman–Crippen MR) is 43.8 cm³/mol. The minimum absolute atomic E-state index is 0.593. The Hall–Kier alpha value is -0.930. The maximum atomic E-state index is 5.75. The van der Waals surface area contributed by atoms with E-state index in [1.165, 1.54) is 0 Å². The van der Waals surface area contributed by atoms with Gasteiger partial charge in [0, 0.05) is 5.56 Å². The molecule has 0 atom stereocenters. The van der Waals surface area contributed by atoms with Crippen LogP contribution < -0.4 is 0 Å². The van der Waals surface area contributed by atoms with Crippen LogP contribution in [-0.4, -0.2) is 0 Å². The van der Waals surface area contributed by atoms with Gasteiger partial charge in [0.15, 0.2) is 0 Å². The van der Waals surface area contributed by atoms with Gasteiger partial charge in [-0.15, -0.1) is 6.42 Å². The van der Waals surface area contributed by atoms with Gasteiger partial charge in [-0.05, 0) is 18.6 Å². The van der Waals surface area contributed by atoms with Crippen molar-refractivity contribution in [2.75, 3.05) is 0 Å². The van der Waals surface area contributed by atoms with Gasteiger partial charge < -0.3 is 0 Å². The number of halogens is 1. The SMILES string of the molecule is C#Cc1c([CH2])cccc1Cl. The van der Waals surface area contributed by atoms with E-state index in [9.17, 15) is 0 Å². The van der Waals surface area contributed by atoms with Crippen LogP contribution in [0, 0.1) is 19.3 Å². The minimum atomic E-state index is 0.593. The molecule has 0 amide bonds. The molecule has 1 heteroatoms. The molecule has 0 N–H and O–H groups in total. The second-order valence-electron chi connectivity index (χ2n) is 1.92. The Morgan fingerprint density at radius 2 is 2.20 bits per heavy atom. The smallest absolute Gasteiger partial charge is 0.0565 e. The average molecular weight is 150 g/mol. The highest BCUT2D eigenvalue weighted by molar-refractivity contribution is 6.31. The van der Waals surface area contributed by atoms with Gasteiger partial charge in [0.2, 0.25) is 0 Å². The number of rotatable bonds is 0. The second-order valence-corrected chi connectivity index (χ2v) is 2.33. The number of hydrogen-bond donors (Lipinski definition) is 0. The molecule has 0 fully saturated rings. The van der Waals surface area contributed by atoms with Gasteiger partial charge in [0.1, 0.15) is 0 Å². The molecule has 0 nitrogen and oxygen atoms in total. The number of hydrogen-bond acceptors (Lipinski definition) is 0. The summed E-state index contributed by atoms with van der Waals surface area (Å²) >= 11 is 5.75. The van der Waals surface area contributed by atoms with Crippen LogP contribution in [0.25, 0.3) is 0 Å². The second kappa shape index (κ2) is 2.77. The van der Waals surface area contributed by atoms with Crippen LogP contribution in [0.15, 0.2) is 18.2 Å². The molecule has 0 saturated carbocycles. The summed E-state index contributed by atoms with van der Waals surface area (Å²) in [5.41, 5.74) is 1.49. The molecule has 0 bridgehead atoms. The van der Waals surface area contributed by atoms with Crippen LogP contribution in [0.1, 0.15) is 11.1 Å². The topological polar surface area (TPSA) is 0 Å². The van der Waals surface area contributed by atoms with Crippen LogP contribution in [-0.2, 0) is 0 Å². The maximum Gasteiger partial charge on any atom is 0.0565 e. The maximum absolute atomic E-state index is 5.75. The lowest BCUT2D eigenvalue weighted by atomic mass is 10.1. The Morgan fingerprint density at radius 1 is 1.50 bits per heavy atom. The quantitative estimate of drug-likeness (QED) is 0.498. The molecule has 1 aromatic carbocycles. The lowest BCUT2D eigenvalue weighted by Crippen LogP contribution is -1.81. The molecule has 1 rings (SSSR count). The van der Waals surface area contributed by atoms with E-state index in [4.69, 9.17) is 18.0 Å². The Kier molecular flexibility index (Phi) is 1.99. The molecule has 0 spiro atoms. The minimum Gasteiger partial charge on any atom is -0.115 e. The number of terminal acetylenes is 1. The first kappa shape index (κ1) is 7.18. The van der Waals surface area contributed by atoms with Gasteiger partial charge >= 0.3 is 0 Å². The summed E-state index contributed by atoms with van der Waals surface area (Å²) in [5, 5.41) is 0.593. The summed E-state index contributed by atoms with van der Waals surface area (Å²) in [5.74, 6) is 2.47. The van der Waals surface area contributed by atoms with Gasteiger partial charge in [-0.1, -0.05) is 29.7 Å². The third-order valence-corrected chi connectivity index (χ3v) is 1.56. The first-order valence-corrected chi connectivity index (χ1v) is 3.20. The van der Waals surface area contributed by atoms with Crippen molar-refractivity contribution in [2.24, 2.45) is 0 Å². The zero-order valence-electron chi connectivity index (χ0n) is 5.39. The molecule has 0 aliphatic heterocycles. The van der Waals surface area contributed by atoms with E-state index >= 15 is 0 Å². The molecule has 0 aromatic heterocycles. The fraction of sp³-hybridized carbons (Fsp3) is 0. The molecule has 1 radical (unpaired) electrons. The highest BCUT2D eigenvalue weighted by Crippen LogP contribution is 2.17. The molecule has 0 aliphatic carbocycles. The lowest BCUT2D eigenvalue weighted by Gasteiger charge is -1.97. The molecule has 0 aliphatic rings. The van der Waals surface area contributed by atoms with E-state index in [1.807, 2.05) is 12.1 Å². The first-order valence-electron chi connectivity index (χ1n) is 2.83. The highest BCUT2D eigenvalue weighted by Gasteiger charge is 1.97. The van der Waals surface area contributed by atoms with Crippen molar-refractivity contribution in [1.82, 2.24) is 0 Å². The largest absolute Gasteiger partial charge is 0.115 e. The zero-order valence-corrected chi connectivity index (χ0v) is 6.15. The van der Waals surface area contributed by atoms with Crippen molar-refractivity contribution in [3.63, 3.8) is 0 Å². The van der Waals surface area contributed by atoms with E-state index in [0.29, 0.717) is 10.6 Å². The molecule has 0 saturated heterocycles. The molecule has 0 heterocycles. The van der Waals surface area contributed by atoms with Gasteiger partial charge in [0.05, 0.1) is 5.02 Å². The normalized spacial score (nSPS) is 8.90. The van der Waals surface area contributed by atoms with Gasteiger partial charge in [-0.25, -0.2) is 0 Å². The summed E-state index contributed by atoms with van der Waals surface area (Å²) in [6.07, 6.45) is 5.18. The molecule has 10 heavy (non-hydrogen) atoms. The van der Waals surface area contributed by atoms with Crippen LogP contribution in [0.5, 0.6) is 0 Å². The zero-order chi connectivity index (χ0) is 7.56. The van der Waals surface area contributed by atoms with E-state index in [1.54, 1.807) is 6.07 Å². The molecular formula is C9H6Cl.